The van der Waals surface area contributed by atoms with E-state index in [0.717, 1.165) is 28.6 Å². The largest absolute Gasteiger partial charge is 0.492 e. The summed E-state index contributed by atoms with van der Waals surface area (Å²) < 4.78 is 6.42. The summed E-state index contributed by atoms with van der Waals surface area (Å²) in [5.41, 5.74) is 2.94. The Labute approximate surface area is 236 Å². The van der Waals surface area contributed by atoms with Crippen molar-refractivity contribution in [3.63, 3.8) is 0 Å². The van der Waals surface area contributed by atoms with E-state index in [2.05, 4.69) is 33.4 Å². The number of anilines is 1. The van der Waals surface area contributed by atoms with Crippen LogP contribution < -0.4 is 10.1 Å². The number of benzene rings is 3. The van der Waals surface area contributed by atoms with Gasteiger partial charge in [0, 0.05) is 24.9 Å². The molecule has 196 valence electrons. The Morgan fingerprint density at radius 3 is 2.37 bits per heavy atom. The summed E-state index contributed by atoms with van der Waals surface area (Å²) >= 11 is 4.73. The lowest BCUT2D eigenvalue weighted by atomic mass is 10.1. The number of rotatable bonds is 11. The van der Waals surface area contributed by atoms with Crippen LogP contribution in [0.5, 0.6) is 5.75 Å². The smallest absolute Gasteiger partial charge is 0.266 e. The van der Waals surface area contributed by atoms with Crippen molar-refractivity contribution < 1.29 is 14.3 Å². The van der Waals surface area contributed by atoms with Crippen LogP contribution in [0, 0.1) is 0 Å². The molecule has 2 amide bonds. The first-order chi connectivity index (χ1) is 18.5. The predicted molar refractivity (Wildman–Crippen MR) is 159 cm³/mol. The van der Waals surface area contributed by atoms with Gasteiger partial charge in [0.15, 0.2) is 5.17 Å². The van der Waals surface area contributed by atoms with Gasteiger partial charge in [0.25, 0.3) is 5.91 Å². The molecular formula is C30H30BrN3O3S. The van der Waals surface area contributed by atoms with E-state index in [1.165, 1.54) is 23.4 Å². The molecule has 0 saturated carbocycles. The van der Waals surface area contributed by atoms with Crippen molar-refractivity contribution in [2.45, 2.75) is 26.2 Å². The molecule has 0 radical (unpaired) electrons. The highest BCUT2D eigenvalue weighted by molar-refractivity contribution is 9.10. The van der Waals surface area contributed by atoms with Gasteiger partial charge in [0.1, 0.15) is 5.75 Å². The van der Waals surface area contributed by atoms with E-state index in [9.17, 15) is 9.59 Å². The number of amides is 2. The van der Waals surface area contributed by atoms with Gasteiger partial charge in [-0.3, -0.25) is 19.5 Å². The minimum atomic E-state index is -0.372. The maximum Gasteiger partial charge on any atom is 0.266 e. The van der Waals surface area contributed by atoms with Gasteiger partial charge in [0.05, 0.1) is 16.0 Å². The fourth-order valence-electron chi connectivity index (χ4n) is 3.84. The third kappa shape index (κ3) is 7.82. The highest BCUT2D eigenvalue weighted by Crippen LogP contribution is 2.32. The Bertz CT molecular complexity index is 1310. The number of ether oxygens (including phenoxy) is 1. The highest BCUT2D eigenvalue weighted by atomic mass is 79.9. The summed E-state index contributed by atoms with van der Waals surface area (Å²) in [4.78, 5) is 32.9. The Balaban J connectivity index is 1.46. The van der Waals surface area contributed by atoms with E-state index in [4.69, 9.17) is 9.73 Å². The van der Waals surface area contributed by atoms with Crippen LogP contribution in [0.25, 0.3) is 0 Å². The fraction of sp³-hybridized carbons (Fsp3) is 0.233. The van der Waals surface area contributed by atoms with Crippen LogP contribution in [-0.2, 0) is 22.4 Å². The van der Waals surface area contributed by atoms with Crippen LogP contribution in [0.2, 0.25) is 0 Å². The van der Waals surface area contributed by atoms with E-state index in [1.807, 2.05) is 55.5 Å². The zero-order valence-corrected chi connectivity index (χ0v) is 23.6. The van der Waals surface area contributed by atoms with Gasteiger partial charge in [0.2, 0.25) is 5.91 Å². The molecule has 0 bridgehead atoms. The van der Waals surface area contributed by atoms with Crippen LogP contribution in [0.3, 0.4) is 0 Å². The summed E-state index contributed by atoms with van der Waals surface area (Å²) in [7, 11) is 0. The minimum absolute atomic E-state index is 0.205. The van der Waals surface area contributed by atoms with Crippen molar-refractivity contribution >= 4 is 50.4 Å². The molecule has 1 aliphatic heterocycles. The average molecular weight is 593 g/mol. The first kappa shape index (κ1) is 27.7. The fourth-order valence-corrected chi connectivity index (χ4v) is 5.33. The van der Waals surface area contributed by atoms with E-state index in [0.29, 0.717) is 41.9 Å². The van der Waals surface area contributed by atoms with Crippen molar-refractivity contribution in [1.29, 1.82) is 0 Å². The lowest BCUT2D eigenvalue weighted by Crippen LogP contribution is -2.31. The van der Waals surface area contributed by atoms with Gasteiger partial charge in [-0.25, -0.2) is 0 Å². The molecule has 38 heavy (non-hydrogen) atoms. The van der Waals surface area contributed by atoms with E-state index in [1.54, 1.807) is 23.1 Å². The first-order valence-corrected chi connectivity index (χ1v) is 14.2. The second-order valence-corrected chi connectivity index (χ2v) is 10.5. The third-order valence-corrected chi connectivity index (χ3v) is 7.43. The monoisotopic (exact) mass is 591 g/mol. The molecule has 6 nitrogen and oxygen atoms in total. The SMILES string of the molecule is CCCOc1ccc(NC(=O)/C=C2/SC(=NCCc3ccccc3)N(CCc3ccccc3)C2=O)cc1Br. The van der Waals surface area contributed by atoms with Gasteiger partial charge >= 0.3 is 0 Å². The molecule has 1 N–H and O–H groups in total. The Hall–Kier alpha value is -3.36. The maximum atomic E-state index is 13.3. The number of carbonyl (C=O) groups excluding carboxylic acids is 2. The van der Waals surface area contributed by atoms with Gasteiger partial charge in [-0.2, -0.15) is 0 Å². The summed E-state index contributed by atoms with van der Waals surface area (Å²) in [6.07, 6.45) is 3.74. The molecule has 3 aromatic carbocycles. The molecule has 0 aliphatic carbocycles. The summed E-state index contributed by atoms with van der Waals surface area (Å²) in [6, 6.07) is 25.5. The summed E-state index contributed by atoms with van der Waals surface area (Å²) in [6.45, 7) is 3.71. The number of thioether (sulfide) groups is 1. The van der Waals surface area contributed by atoms with Crippen LogP contribution in [0.4, 0.5) is 5.69 Å². The molecule has 4 rings (SSSR count). The van der Waals surface area contributed by atoms with Crippen molar-refractivity contribution in [3.8, 4) is 5.75 Å². The molecule has 3 aromatic rings. The Kier molecular flexibility index (Phi) is 10.2. The van der Waals surface area contributed by atoms with E-state index >= 15 is 0 Å². The van der Waals surface area contributed by atoms with Crippen LogP contribution in [0.1, 0.15) is 24.5 Å². The molecule has 8 heteroatoms. The molecular weight excluding hydrogens is 562 g/mol. The van der Waals surface area contributed by atoms with E-state index < -0.39 is 0 Å². The lowest BCUT2D eigenvalue weighted by Gasteiger charge is -2.15. The number of nitrogens with one attached hydrogen (secondary N) is 1. The molecule has 1 fully saturated rings. The Morgan fingerprint density at radius 2 is 1.71 bits per heavy atom. The van der Waals surface area contributed by atoms with Gasteiger partial charge < -0.3 is 10.1 Å². The van der Waals surface area contributed by atoms with Gasteiger partial charge in [-0.15, -0.1) is 0 Å². The number of nitrogens with zero attached hydrogens (tertiary/aromatic N) is 2. The third-order valence-electron chi connectivity index (χ3n) is 5.77. The number of hydrogen-bond acceptors (Lipinski definition) is 5. The number of aliphatic imine (C=N–C) groups is 1. The number of hydrogen-bond donors (Lipinski definition) is 1. The van der Waals surface area contributed by atoms with Crippen molar-refractivity contribution in [3.05, 3.63) is 105 Å². The molecule has 1 aliphatic rings. The second kappa shape index (κ2) is 14.0. The second-order valence-electron chi connectivity index (χ2n) is 8.69. The predicted octanol–water partition coefficient (Wildman–Crippen LogP) is 6.48. The maximum absolute atomic E-state index is 13.3. The molecule has 1 heterocycles. The van der Waals surface area contributed by atoms with E-state index in [-0.39, 0.29) is 11.8 Å². The zero-order valence-electron chi connectivity index (χ0n) is 21.2. The molecule has 0 aromatic heterocycles. The average Bonchev–Trinajstić information content (AvgIpc) is 3.21. The molecule has 0 atom stereocenters. The Morgan fingerprint density at radius 1 is 1.03 bits per heavy atom. The standard InChI is InChI=1S/C30H30BrN3O3S/c1-2-19-37-26-14-13-24(20-25(26)31)33-28(35)21-27-29(36)34(18-16-23-11-7-4-8-12-23)30(38-27)32-17-15-22-9-5-3-6-10-22/h3-14,20-21H,2,15-19H2,1H3,(H,33,35)/b27-21+,32-30?. The van der Waals surface area contributed by atoms with Crippen LogP contribution in [-0.4, -0.2) is 41.6 Å². The first-order valence-electron chi connectivity index (χ1n) is 12.6. The van der Waals surface area contributed by atoms with Crippen molar-refractivity contribution in [2.75, 3.05) is 25.0 Å². The molecule has 1 saturated heterocycles. The van der Waals surface area contributed by atoms with Gasteiger partial charge in [-0.1, -0.05) is 67.6 Å². The quantitative estimate of drug-likeness (QED) is 0.259. The number of halogens is 1. The zero-order chi connectivity index (χ0) is 26.7. The minimum Gasteiger partial charge on any atom is -0.492 e. The highest BCUT2D eigenvalue weighted by Gasteiger charge is 2.33. The number of amidine groups is 1. The normalized spacial score (nSPS) is 15.3. The van der Waals surface area contributed by atoms with Crippen molar-refractivity contribution in [1.82, 2.24) is 4.90 Å². The lowest BCUT2D eigenvalue weighted by molar-refractivity contribution is -0.122. The molecule has 0 spiro atoms. The van der Waals surface area contributed by atoms with Gasteiger partial charge in [-0.05, 0) is 76.3 Å². The van der Waals surface area contributed by atoms with Crippen molar-refractivity contribution in [2.24, 2.45) is 4.99 Å². The van der Waals surface area contributed by atoms with Crippen LogP contribution >= 0.6 is 27.7 Å². The molecule has 0 unspecified atom stereocenters. The summed E-state index contributed by atoms with van der Waals surface area (Å²) in [5, 5.41) is 3.47. The number of carbonyl (C=O) groups is 2. The summed E-state index contributed by atoms with van der Waals surface area (Å²) in [5.74, 6) is 0.141. The topological polar surface area (TPSA) is 71.0 Å². The van der Waals surface area contributed by atoms with Crippen LogP contribution in [0.15, 0.2) is 99.3 Å².